The van der Waals surface area contributed by atoms with Crippen molar-refractivity contribution in [2.24, 2.45) is 0 Å². The number of hydrogen-bond donors (Lipinski definition) is 0. The summed E-state index contributed by atoms with van der Waals surface area (Å²) < 4.78 is 9.90. The zero-order chi connectivity index (χ0) is 8.81. The first-order chi connectivity index (χ1) is 5.86. The van der Waals surface area contributed by atoms with Gasteiger partial charge >= 0.3 is 6.29 Å². The van der Waals surface area contributed by atoms with Gasteiger partial charge in [-0.2, -0.15) is 0 Å². The Bertz CT molecular complexity index is 266. The molecule has 1 rings (SSSR count). The van der Waals surface area contributed by atoms with Crippen molar-refractivity contribution in [1.29, 1.82) is 0 Å². The van der Waals surface area contributed by atoms with Gasteiger partial charge in [0.05, 0.1) is 12.2 Å². The lowest BCUT2D eigenvalue weighted by atomic mass is 10.1. The van der Waals surface area contributed by atoms with E-state index in [9.17, 15) is 0 Å². The summed E-state index contributed by atoms with van der Waals surface area (Å²) >= 11 is 0. The Morgan fingerprint density at radius 3 is 3.00 bits per heavy atom. The Hall–Kier alpha value is -1.15. The van der Waals surface area contributed by atoms with Crippen LogP contribution >= 0.6 is 0 Å². The molecule has 0 amide bonds. The molecule has 0 radical (unpaired) electrons. The van der Waals surface area contributed by atoms with Crippen LogP contribution in [0.15, 0.2) is 24.3 Å². The second kappa shape index (κ2) is 4.67. The van der Waals surface area contributed by atoms with Crippen molar-refractivity contribution >= 4 is 6.29 Å². The predicted octanol–water partition coefficient (Wildman–Crippen LogP) is 1.81. The molecule has 0 fully saturated rings. The lowest BCUT2D eigenvalue weighted by Crippen LogP contribution is -1.89. The summed E-state index contributed by atoms with van der Waals surface area (Å²) in [6.45, 7) is 0.644. The number of carbonyl (C=O) groups excluding carboxylic acids is 1. The fraction of sp³-hybridized carbons (Fsp3) is 0.300. The molecule has 0 saturated carbocycles. The smallest absolute Gasteiger partial charge is 0.315 e. The van der Waals surface area contributed by atoms with Crippen molar-refractivity contribution in [1.82, 2.24) is 0 Å². The highest BCUT2D eigenvalue weighted by atomic mass is 16.5. The highest BCUT2D eigenvalue weighted by Crippen LogP contribution is 2.03. The molecule has 12 heavy (non-hydrogen) atoms. The van der Waals surface area contributed by atoms with Gasteiger partial charge in [0.15, 0.2) is 0 Å². The van der Waals surface area contributed by atoms with Crippen LogP contribution in [0.5, 0.6) is 0 Å². The second-order valence-corrected chi connectivity index (χ2v) is 2.53. The summed E-state index contributed by atoms with van der Waals surface area (Å²) in [7, 11) is 3.33. The number of methoxy groups -OCH3 is 1. The van der Waals surface area contributed by atoms with Crippen LogP contribution in [0, 0.1) is 0 Å². The van der Waals surface area contributed by atoms with Gasteiger partial charge in [0.1, 0.15) is 0 Å². The molecule has 0 atom stereocenters. The molecule has 0 aromatic heterocycles. The topological polar surface area (TPSA) is 20.5 Å². The van der Waals surface area contributed by atoms with Crippen LogP contribution in [0.4, 0.5) is 0 Å². The summed E-state index contributed by atoms with van der Waals surface area (Å²) in [5.41, 5.74) is 2.22. The van der Waals surface area contributed by atoms with Crippen LogP contribution < -0.4 is 0 Å². The summed E-state index contributed by atoms with van der Waals surface area (Å²) in [5.74, 6) is 0. The van der Waals surface area contributed by atoms with Crippen molar-refractivity contribution < 1.29 is 9.16 Å². The second-order valence-electron chi connectivity index (χ2n) is 2.53. The minimum absolute atomic E-state index is 0.644. The quantitative estimate of drug-likeness (QED) is 0.494. The van der Waals surface area contributed by atoms with E-state index in [1.807, 2.05) is 24.3 Å². The highest BCUT2D eigenvalue weighted by molar-refractivity contribution is 5.75. The fourth-order valence-corrected chi connectivity index (χ4v) is 1.06. The third-order valence-electron chi connectivity index (χ3n) is 1.52. The maximum atomic E-state index is 5.01. The van der Waals surface area contributed by atoms with Gasteiger partial charge in [-0.15, -0.1) is 0 Å². The van der Waals surface area contributed by atoms with Gasteiger partial charge in [-0.05, 0) is 17.7 Å². The largest absolute Gasteiger partial charge is 0.380 e. The molecule has 0 bridgehead atoms. The van der Waals surface area contributed by atoms with Crippen LogP contribution in [-0.4, -0.2) is 20.5 Å². The Morgan fingerprint density at radius 1 is 1.50 bits per heavy atom. The predicted molar refractivity (Wildman–Crippen MR) is 48.5 cm³/mol. The molecule has 0 aliphatic heterocycles. The molecular formula is C10H13O2+. The van der Waals surface area contributed by atoms with Gasteiger partial charge in [0.25, 0.3) is 7.11 Å². The molecular weight excluding hydrogens is 152 g/mol. The molecule has 0 aliphatic carbocycles. The van der Waals surface area contributed by atoms with Gasteiger partial charge in [-0.3, -0.25) is 4.42 Å². The van der Waals surface area contributed by atoms with Gasteiger partial charge in [0, 0.05) is 7.11 Å². The highest BCUT2D eigenvalue weighted by Gasteiger charge is 1.96. The summed E-state index contributed by atoms with van der Waals surface area (Å²) in [5, 5.41) is 0. The van der Waals surface area contributed by atoms with Gasteiger partial charge < -0.3 is 4.74 Å². The molecule has 0 unspecified atom stereocenters. The van der Waals surface area contributed by atoms with Crippen molar-refractivity contribution in [2.75, 3.05) is 14.2 Å². The van der Waals surface area contributed by atoms with Crippen molar-refractivity contribution in [3.05, 3.63) is 35.4 Å². The SMILES string of the molecule is COCc1cccc(C=[O+]C)c1. The van der Waals surface area contributed by atoms with Gasteiger partial charge in [-0.1, -0.05) is 12.1 Å². The van der Waals surface area contributed by atoms with Crippen molar-refractivity contribution in [2.45, 2.75) is 6.61 Å². The Labute approximate surface area is 72.5 Å². The van der Waals surface area contributed by atoms with Crippen LogP contribution in [0.3, 0.4) is 0 Å². The van der Waals surface area contributed by atoms with E-state index in [1.54, 1.807) is 20.5 Å². The average Bonchev–Trinajstić information content (AvgIpc) is 2.06. The lowest BCUT2D eigenvalue weighted by Gasteiger charge is -1.97. The minimum atomic E-state index is 0.644. The molecule has 2 heteroatoms. The van der Waals surface area contributed by atoms with E-state index in [2.05, 4.69) is 0 Å². The third-order valence-corrected chi connectivity index (χ3v) is 1.52. The van der Waals surface area contributed by atoms with Gasteiger partial charge in [0.2, 0.25) is 0 Å². The summed E-state index contributed by atoms with van der Waals surface area (Å²) in [6.07, 6.45) is 1.71. The first-order valence-corrected chi connectivity index (χ1v) is 3.80. The van der Waals surface area contributed by atoms with E-state index >= 15 is 0 Å². The maximum absolute atomic E-state index is 5.01. The van der Waals surface area contributed by atoms with Crippen molar-refractivity contribution in [3.8, 4) is 0 Å². The Balaban J connectivity index is 2.80. The van der Waals surface area contributed by atoms with Crippen LogP contribution in [0.25, 0.3) is 0 Å². The van der Waals surface area contributed by atoms with Crippen molar-refractivity contribution in [3.63, 3.8) is 0 Å². The molecule has 1 aromatic carbocycles. The minimum Gasteiger partial charge on any atom is -0.380 e. The number of benzene rings is 1. The molecule has 0 spiro atoms. The summed E-state index contributed by atoms with van der Waals surface area (Å²) in [6, 6.07) is 8.03. The molecule has 0 heterocycles. The van der Waals surface area contributed by atoms with Crippen LogP contribution in [0.2, 0.25) is 0 Å². The number of rotatable bonds is 3. The van der Waals surface area contributed by atoms with E-state index in [4.69, 9.17) is 9.16 Å². The van der Waals surface area contributed by atoms with E-state index in [-0.39, 0.29) is 0 Å². The Kier molecular flexibility index (Phi) is 3.48. The first-order valence-electron chi connectivity index (χ1n) is 3.80. The zero-order valence-electron chi connectivity index (χ0n) is 7.41. The zero-order valence-corrected chi connectivity index (χ0v) is 7.41. The molecule has 2 nitrogen and oxygen atoms in total. The molecule has 64 valence electrons. The van der Waals surface area contributed by atoms with Gasteiger partial charge in [-0.25, -0.2) is 0 Å². The fourth-order valence-electron chi connectivity index (χ4n) is 1.06. The van der Waals surface area contributed by atoms with E-state index in [1.165, 1.54) is 0 Å². The Morgan fingerprint density at radius 2 is 2.33 bits per heavy atom. The molecule has 0 aliphatic rings. The molecule has 0 N–H and O–H groups in total. The number of ether oxygens (including phenoxy) is 1. The lowest BCUT2D eigenvalue weighted by molar-refractivity contribution is -0.217. The van der Waals surface area contributed by atoms with E-state index in [0.29, 0.717) is 6.61 Å². The molecule has 1 aromatic rings. The number of hydrogen-bond acceptors (Lipinski definition) is 1. The molecule has 0 saturated heterocycles. The normalized spacial score (nSPS) is 10.8. The van der Waals surface area contributed by atoms with Crippen LogP contribution in [-0.2, 0) is 11.3 Å². The number of aldehydes is 1. The third kappa shape index (κ3) is 2.47. The average molecular weight is 165 g/mol. The first kappa shape index (κ1) is 8.94. The maximum Gasteiger partial charge on any atom is 0.315 e. The standard InChI is InChI=1S/C10H13O2/c1-11-7-9-4-3-5-10(6-9)8-12-2/h3-7H,8H2,1-2H3/q+1. The van der Waals surface area contributed by atoms with E-state index < -0.39 is 0 Å². The van der Waals surface area contributed by atoms with Crippen LogP contribution in [0.1, 0.15) is 15.6 Å². The summed E-state index contributed by atoms with van der Waals surface area (Å²) in [4.78, 5) is 0. The monoisotopic (exact) mass is 165 g/mol. The van der Waals surface area contributed by atoms with E-state index in [0.717, 1.165) is 11.1 Å².